The molecule has 4 aromatic carbocycles. The van der Waals surface area contributed by atoms with Gasteiger partial charge in [-0.1, -0.05) is 49.8 Å². The molecule has 0 N–H and O–H groups in total. The Morgan fingerprint density at radius 3 is 1.71 bits per heavy atom. The summed E-state index contributed by atoms with van der Waals surface area (Å²) in [5, 5.41) is 0. The molecule has 0 heterocycles. The van der Waals surface area contributed by atoms with Crippen molar-refractivity contribution >= 4 is 10.2 Å². The largest absolute Gasteiger partial charge is 0.432 e. The molecule has 0 aromatic heterocycles. The van der Waals surface area contributed by atoms with Crippen LogP contribution in [0.5, 0.6) is 5.75 Å². The molecule has 1 aliphatic rings. The summed E-state index contributed by atoms with van der Waals surface area (Å²) in [6.07, 6.45) is 2.27. The fourth-order valence-electron chi connectivity index (χ4n) is 6.17. The lowest BCUT2D eigenvalue weighted by Crippen LogP contribution is -2.25. The summed E-state index contributed by atoms with van der Waals surface area (Å²) in [4.78, 5) is -3.34. The number of benzene rings is 4. The lowest BCUT2D eigenvalue weighted by Gasteiger charge is -2.40. The molecular formula is C35H28F12OS. The zero-order chi connectivity index (χ0) is 36.0. The molecule has 0 radical (unpaired) electrons. The highest BCUT2D eigenvalue weighted by Crippen LogP contribution is 3.02. The van der Waals surface area contributed by atoms with Crippen molar-refractivity contribution in [3.63, 3.8) is 0 Å². The van der Waals surface area contributed by atoms with E-state index in [9.17, 15) is 41.4 Å². The molecule has 4 aromatic rings. The first-order chi connectivity index (χ1) is 22.7. The summed E-state index contributed by atoms with van der Waals surface area (Å²) >= 11 is 0. The SMILES string of the molecule is C=CCCC1CCC(c2cc(F)c(C(F)(F)Oc3ccc(-c4ccc(-c5cc(F)c(S(F)(F)(F)(F)F)c(F)c5)c(F)c4)cc3)c(F)c2)CC1. The predicted molar refractivity (Wildman–Crippen MR) is 164 cm³/mol. The Kier molecular flexibility index (Phi) is 9.14. The summed E-state index contributed by atoms with van der Waals surface area (Å²) in [6, 6.07) is 8.92. The maximum Gasteiger partial charge on any atom is 0.432 e. The van der Waals surface area contributed by atoms with Gasteiger partial charge in [-0.15, -0.1) is 6.58 Å². The van der Waals surface area contributed by atoms with Crippen LogP contribution in [0.4, 0.5) is 50.2 Å². The van der Waals surface area contributed by atoms with Crippen LogP contribution in [0.25, 0.3) is 22.3 Å². The molecule has 49 heavy (non-hydrogen) atoms. The van der Waals surface area contributed by atoms with E-state index in [1.54, 1.807) is 0 Å². The Morgan fingerprint density at radius 2 is 1.20 bits per heavy atom. The first-order valence-corrected chi connectivity index (χ1v) is 16.9. The Hall–Kier alpha value is -4.07. The van der Waals surface area contributed by atoms with Gasteiger partial charge in [-0.3, -0.25) is 0 Å². The average molecular weight is 725 g/mol. The monoisotopic (exact) mass is 724 g/mol. The van der Waals surface area contributed by atoms with E-state index in [0.29, 0.717) is 18.8 Å². The van der Waals surface area contributed by atoms with Crippen LogP contribution in [0.1, 0.15) is 55.6 Å². The van der Waals surface area contributed by atoms with Crippen molar-refractivity contribution < 1.29 is 54.9 Å². The number of hydrogen-bond acceptors (Lipinski definition) is 1. The van der Waals surface area contributed by atoms with Crippen LogP contribution in [-0.2, 0) is 6.11 Å². The third kappa shape index (κ3) is 8.05. The van der Waals surface area contributed by atoms with Crippen molar-refractivity contribution in [2.45, 2.75) is 55.4 Å². The number of rotatable bonds is 10. The van der Waals surface area contributed by atoms with Gasteiger partial charge in [0.05, 0.1) is 0 Å². The average Bonchev–Trinajstić information content (AvgIpc) is 2.98. The van der Waals surface area contributed by atoms with Crippen molar-refractivity contribution in [3.05, 3.63) is 120 Å². The fourth-order valence-corrected chi connectivity index (χ4v) is 7.03. The van der Waals surface area contributed by atoms with Gasteiger partial charge in [0, 0.05) is 5.56 Å². The number of alkyl halides is 2. The molecule has 264 valence electrons. The van der Waals surface area contributed by atoms with Gasteiger partial charge in [-0.25, -0.2) is 22.0 Å². The minimum Gasteiger partial charge on any atom is -0.429 e. The minimum absolute atomic E-state index is 0.0616. The molecule has 0 saturated heterocycles. The van der Waals surface area contributed by atoms with E-state index < -0.39 is 72.8 Å². The third-order valence-corrected chi connectivity index (χ3v) is 9.71. The number of halogens is 12. The van der Waals surface area contributed by atoms with Gasteiger partial charge in [-0.05, 0) is 115 Å². The Morgan fingerprint density at radius 1 is 0.673 bits per heavy atom. The minimum atomic E-state index is -10.7. The number of ether oxygens (including phenoxy) is 1. The predicted octanol–water partition coefficient (Wildman–Crippen LogP) is 13.7. The zero-order valence-electron chi connectivity index (χ0n) is 25.4. The fraction of sp³-hybridized carbons (Fsp3) is 0.257. The van der Waals surface area contributed by atoms with Gasteiger partial charge in [-0.2, -0.15) is 8.78 Å². The van der Waals surface area contributed by atoms with E-state index in [1.165, 1.54) is 12.1 Å². The van der Waals surface area contributed by atoms with Crippen molar-refractivity contribution in [1.29, 1.82) is 0 Å². The summed E-state index contributed by atoms with van der Waals surface area (Å²) in [5.74, 6) is -9.62. The summed E-state index contributed by atoms with van der Waals surface area (Å²) in [6.45, 7) is 3.70. The molecule has 0 bridgehead atoms. The summed E-state index contributed by atoms with van der Waals surface area (Å²) < 4.78 is 173. The van der Waals surface area contributed by atoms with E-state index in [0.717, 1.165) is 68.1 Å². The highest BCUT2D eigenvalue weighted by molar-refractivity contribution is 8.45. The molecule has 1 nitrogen and oxygen atoms in total. The van der Waals surface area contributed by atoms with Crippen LogP contribution in [0, 0.1) is 35.0 Å². The Balaban J connectivity index is 1.31. The molecule has 0 aliphatic heterocycles. The van der Waals surface area contributed by atoms with Crippen LogP contribution in [0.2, 0.25) is 0 Å². The lowest BCUT2D eigenvalue weighted by atomic mass is 9.77. The maximum absolute atomic E-state index is 15.1. The van der Waals surface area contributed by atoms with E-state index in [1.807, 2.05) is 6.08 Å². The van der Waals surface area contributed by atoms with Gasteiger partial charge in [0.25, 0.3) is 0 Å². The quantitative estimate of drug-likeness (QED) is 0.117. The third-order valence-electron chi connectivity index (χ3n) is 8.55. The summed E-state index contributed by atoms with van der Waals surface area (Å²) in [5.41, 5.74) is -2.46. The van der Waals surface area contributed by atoms with Crippen molar-refractivity contribution in [2.75, 3.05) is 0 Å². The zero-order valence-corrected chi connectivity index (χ0v) is 26.2. The van der Waals surface area contributed by atoms with Crippen LogP contribution in [0.3, 0.4) is 0 Å². The van der Waals surface area contributed by atoms with Gasteiger partial charge in [0.1, 0.15) is 40.4 Å². The van der Waals surface area contributed by atoms with Crippen LogP contribution in [0.15, 0.2) is 84.3 Å². The maximum atomic E-state index is 15.1. The van der Waals surface area contributed by atoms with Crippen LogP contribution in [-0.4, -0.2) is 0 Å². The summed E-state index contributed by atoms with van der Waals surface area (Å²) in [7, 11) is -10.7. The van der Waals surface area contributed by atoms with E-state index >= 15 is 8.78 Å². The number of hydrogen-bond donors (Lipinski definition) is 0. The standard InChI is InChI=1S/C35H28F12OS/c1-2-3-4-20-5-7-22(8-6-20)24-16-29(37)33(30(38)17-24)35(41,42)48-26-12-9-21(10-13-26)23-11-14-27(28(36)15-23)25-18-31(39)34(32(40)19-25)49(43,44,45,46)47/h2,9-20,22H,1,3-8H2. The van der Waals surface area contributed by atoms with E-state index in [2.05, 4.69) is 11.3 Å². The molecule has 14 heteroatoms. The number of allylic oxidation sites excluding steroid dienone is 1. The molecule has 0 unspecified atom stereocenters. The van der Waals surface area contributed by atoms with Crippen LogP contribution < -0.4 is 4.74 Å². The molecule has 1 fully saturated rings. The molecule has 5 rings (SSSR count). The van der Waals surface area contributed by atoms with Gasteiger partial charge in [0.2, 0.25) is 0 Å². The smallest absolute Gasteiger partial charge is 0.429 e. The van der Waals surface area contributed by atoms with Crippen LogP contribution >= 0.6 is 10.2 Å². The van der Waals surface area contributed by atoms with Crippen molar-refractivity contribution in [3.8, 4) is 28.0 Å². The molecule has 1 saturated carbocycles. The van der Waals surface area contributed by atoms with E-state index in [4.69, 9.17) is 0 Å². The second-order valence-electron chi connectivity index (χ2n) is 12.0. The van der Waals surface area contributed by atoms with Crippen molar-refractivity contribution in [2.24, 2.45) is 5.92 Å². The topological polar surface area (TPSA) is 9.23 Å². The Bertz CT molecular complexity index is 1840. The second kappa shape index (κ2) is 12.4. The molecule has 1 aliphatic carbocycles. The molecule has 0 spiro atoms. The first-order valence-electron chi connectivity index (χ1n) is 15.0. The second-order valence-corrected chi connectivity index (χ2v) is 14.4. The van der Waals surface area contributed by atoms with Gasteiger partial charge >= 0.3 is 16.3 Å². The highest BCUT2D eigenvalue weighted by Gasteiger charge is 2.69. The Labute approximate surface area is 273 Å². The van der Waals surface area contributed by atoms with Gasteiger partial charge < -0.3 is 4.74 Å². The highest BCUT2D eigenvalue weighted by atomic mass is 32.5. The molecule has 0 atom stereocenters. The van der Waals surface area contributed by atoms with E-state index in [-0.39, 0.29) is 34.7 Å². The van der Waals surface area contributed by atoms with Crippen molar-refractivity contribution in [1.82, 2.24) is 0 Å². The molecule has 0 amide bonds. The lowest BCUT2D eigenvalue weighted by molar-refractivity contribution is -0.189. The normalized spacial score (nSPS) is 18.4. The molecular weight excluding hydrogens is 696 g/mol. The van der Waals surface area contributed by atoms with Gasteiger partial charge in [0.15, 0.2) is 4.90 Å². The first kappa shape index (κ1) is 36.2.